The second-order valence-electron chi connectivity index (χ2n) is 9.89. The fraction of sp³-hybridized carbons (Fsp3) is 0.571. The number of aliphatic hydroxyl groups excluding tert-OH is 2. The van der Waals surface area contributed by atoms with Gasteiger partial charge in [0.2, 0.25) is 0 Å². The lowest BCUT2D eigenvalue weighted by Crippen LogP contribution is -2.26. The molecule has 0 heterocycles. The van der Waals surface area contributed by atoms with Crippen molar-refractivity contribution >= 4 is 0 Å². The van der Waals surface area contributed by atoms with Crippen molar-refractivity contribution in [3.63, 3.8) is 0 Å². The normalized spacial score (nSPS) is 12.1. The maximum absolute atomic E-state index is 9.19. The van der Waals surface area contributed by atoms with Crippen LogP contribution in [0.2, 0.25) is 0 Å². The first-order valence-corrected chi connectivity index (χ1v) is 11.9. The predicted molar refractivity (Wildman–Crippen MR) is 132 cm³/mol. The smallest absolute Gasteiger partial charge is 0.122 e. The van der Waals surface area contributed by atoms with Crippen molar-refractivity contribution in [1.82, 2.24) is 0 Å². The summed E-state index contributed by atoms with van der Waals surface area (Å²) in [5, 5.41) is 18.4. The van der Waals surface area contributed by atoms with Gasteiger partial charge in [0.15, 0.2) is 0 Å². The van der Waals surface area contributed by atoms with Crippen molar-refractivity contribution in [2.24, 2.45) is 5.92 Å². The van der Waals surface area contributed by atoms with Crippen molar-refractivity contribution in [2.45, 2.75) is 72.1 Å². The van der Waals surface area contributed by atoms with E-state index in [-0.39, 0.29) is 18.6 Å². The molecule has 0 spiro atoms. The number of ether oxygens (including phenoxy) is 2. The number of hydrogen-bond donors (Lipinski definition) is 2. The van der Waals surface area contributed by atoms with Crippen LogP contribution >= 0.6 is 0 Å². The standard InChI is InChI=1S/C28H42O4/c1-19(2)18-28(7,22-8-10-26(31-14-12-29)24(16-22)20(3)4)23-9-11-27(32-15-13-30)25(17-23)21(5)6/h8-11,16-17,19-21,29-30H,12-15,18H2,1-7H3. The van der Waals surface area contributed by atoms with Gasteiger partial charge < -0.3 is 19.7 Å². The summed E-state index contributed by atoms with van der Waals surface area (Å²) in [6.07, 6.45) is 1.01. The van der Waals surface area contributed by atoms with E-state index in [1.807, 2.05) is 0 Å². The van der Waals surface area contributed by atoms with Crippen molar-refractivity contribution in [2.75, 3.05) is 26.4 Å². The molecule has 0 saturated carbocycles. The highest BCUT2D eigenvalue weighted by Crippen LogP contribution is 2.42. The van der Waals surface area contributed by atoms with Crippen LogP contribution in [-0.2, 0) is 5.41 Å². The molecule has 0 atom stereocenters. The lowest BCUT2D eigenvalue weighted by Gasteiger charge is -2.34. The first kappa shape index (κ1) is 26.2. The molecule has 2 rings (SSSR count). The van der Waals surface area contributed by atoms with Gasteiger partial charge in [-0.3, -0.25) is 0 Å². The average molecular weight is 443 g/mol. The monoisotopic (exact) mass is 442 g/mol. The summed E-state index contributed by atoms with van der Waals surface area (Å²) in [6, 6.07) is 13.0. The van der Waals surface area contributed by atoms with E-state index in [9.17, 15) is 10.2 Å². The van der Waals surface area contributed by atoms with Crippen molar-refractivity contribution in [3.05, 3.63) is 58.7 Å². The SMILES string of the molecule is CC(C)CC(C)(c1ccc(OCCO)c(C(C)C)c1)c1ccc(OCCO)c(C(C)C)c1. The zero-order valence-corrected chi connectivity index (χ0v) is 20.9. The van der Waals surface area contributed by atoms with Crippen molar-refractivity contribution in [1.29, 1.82) is 0 Å². The van der Waals surface area contributed by atoms with Gasteiger partial charge in [-0.2, -0.15) is 0 Å². The molecule has 4 heteroatoms. The molecule has 178 valence electrons. The molecule has 0 radical (unpaired) electrons. The van der Waals surface area contributed by atoms with Gasteiger partial charge in [0, 0.05) is 5.41 Å². The Labute approximate surface area is 194 Å². The van der Waals surface area contributed by atoms with Crippen LogP contribution in [0.5, 0.6) is 11.5 Å². The minimum Gasteiger partial charge on any atom is -0.491 e. The third-order valence-corrected chi connectivity index (χ3v) is 6.05. The van der Waals surface area contributed by atoms with Gasteiger partial charge in [0.25, 0.3) is 0 Å². The lowest BCUT2D eigenvalue weighted by atomic mass is 9.70. The van der Waals surface area contributed by atoms with Gasteiger partial charge in [-0.1, -0.05) is 72.7 Å². The lowest BCUT2D eigenvalue weighted by molar-refractivity contribution is 0.200. The first-order chi connectivity index (χ1) is 15.1. The second-order valence-corrected chi connectivity index (χ2v) is 9.89. The molecule has 0 bridgehead atoms. The number of benzene rings is 2. The van der Waals surface area contributed by atoms with E-state index in [1.54, 1.807) is 0 Å². The molecular weight excluding hydrogens is 400 g/mol. The molecule has 0 amide bonds. The molecule has 0 aliphatic carbocycles. The summed E-state index contributed by atoms with van der Waals surface area (Å²) in [5.74, 6) is 2.83. The number of rotatable bonds is 12. The third kappa shape index (κ3) is 6.26. The van der Waals surface area contributed by atoms with Gasteiger partial charge in [0.1, 0.15) is 24.7 Å². The summed E-state index contributed by atoms with van der Waals surface area (Å²) in [7, 11) is 0. The molecule has 0 aliphatic rings. The van der Waals surface area contributed by atoms with Crippen LogP contribution in [0.4, 0.5) is 0 Å². The van der Waals surface area contributed by atoms with Crippen LogP contribution in [0.15, 0.2) is 36.4 Å². The quantitative estimate of drug-likeness (QED) is 0.421. The fourth-order valence-electron chi connectivity index (χ4n) is 4.48. The summed E-state index contributed by atoms with van der Waals surface area (Å²) >= 11 is 0. The van der Waals surface area contributed by atoms with E-state index < -0.39 is 0 Å². The van der Waals surface area contributed by atoms with E-state index >= 15 is 0 Å². The van der Waals surface area contributed by atoms with Crippen LogP contribution in [-0.4, -0.2) is 36.6 Å². The number of aliphatic hydroxyl groups is 2. The Hall–Kier alpha value is -2.04. The van der Waals surface area contributed by atoms with Crippen molar-refractivity contribution < 1.29 is 19.7 Å². The molecule has 4 nitrogen and oxygen atoms in total. The highest BCUT2D eigenvalue weighted by atomic mass is 16.5. The Kier molecular flexibility index (Phi) is 9.60. The van der Waals surface area contributed by atoms with Crippen LogP contribution < -0.4 is 9.47 Å². The maximum Gasteiger partial charge on any atom is 0.122 e. The van der Waals surface area contributed by atoms with Crippen LogP contribution in [0.1, 0.15) is 89.0 Å². The topological polar surface area (TPSA) is 58.9 Å². The highest BCUT2D eigenvalue weighted by Gasteiger charge is 2.32. The summed E-state index contributed by atoms with van der Waals surface area (Å²) in [4.78, 5) is 0. The average Bonchev–Trinajstić information content (AvgIpc) is 2.75. The fourth-order valence-corrected chi connectivity index (χ4v) is 4.48. The van der Waals surface area contributed by atoms with E-state index in [0.29, 0.717) is 31.0 Å². The summed E-state index contributed by atoms with van der Waals surface area (Å²) in [5.41, 5.74) is 4.69. The number of hydrogen-bond acceptors (Lipinski definition) is 4. The van der Waals surface area contributed by atoms with Gasteiger partial charge in [-0.15, -0.1) is 0 Å². The van der Waals surface area contributed by atoms with E-state index in [0.717, 1.165) is 29.0 Å². The largest absolute Gasteiger partial charge is 0.491 e. The second kappa shape index (κ2) is 11.7. The molecule has 0 saturated heterocycles. The molecule has 0 fully saturated rings. The Morgan fingerprint density at radius 1 is 0.719 bits per heavy atom. The molecule has 0 aromatic heterocycles. The molecule has 32 heavy (non-hydrogen) atoms. The van der Waals surface area contributed by atoms with Crippen LogP contribution in [0, 0.1) is 5.92 Å². The van der Waals surface area contributed by atoms with E-state index in [1.165, 1.54) is 11.1 Å². The maximum atomic E-state index is 9.19. The van der Waals surface area contributed by atoms with E-state index in [4.69, 9.17) is 9.47 Å². The van der Waals surface area contributed by atoms with E-state index in [2.05, 4.69) is 84.9 Å². The summed E-state index contributed by atoms with van der Waals surface area (Å²) < 4.78 is 11.6. The zero-order chi connectivity index (χ0) is 23.9. The van der Waals surface area contributed by atoms with Gasteiger partial charge in [-0.05, 0) is 58.6 Å². The molecule has 0 unspecified atom stereocenters. The zero-order valence-electron chi connectivity index (χ0n) is 20.9. The van der Waals surface area contributed by atoms with Crippen molar-refractivity contribution in [3.8, 4) is 11.5 Å². The summed E-state index contributed by atoms with van der Waals surface area (Å²) in [6.45, 7) is 16.2. The van der Waals surface area contributed by atoms with Gasteiger partial charge >= 0.3 is 0 Å². The minimum absolute atomic E-state index is 0.00698. The third-order valence-electron chi connectivity index (χ3n) is 6.05. The highest BCUT2D eigenvalue weighted by molar-refractivity contribution is 5.49. The Morgan fingerprint density at radius 3 is 1.44 bits per heavy atom. The molecule has 2 N–H and O–H groups in total. The first-order valence-electron chi connectivity index (χ1n) is 11.9. The minimum atomic E-state index is -0.174. The van der Waals surface area contributed by atoms with Gasteiger partial charge in [-0.25, -0.2) is 0 Å². The molecule has 2 aromatic rings. The molecule has 2 aromatic carbocycles. The van der Waals surface area contributed by atoms with Crippen LogP contribution in [0.25, 0.3) is 0 Å². The Balaban J connectivity index is 2.61. The Bertz CT molecular complexity index is 791. The van der Waals surface area contributed by atoms with Gasteiger partial charge in [0.05, 0.1) is 13.2 Å². The Morgan fingerprint density at radius 2 is 1.12 bits per heavy atom. The predicted octanol–water partition coefficient (Wildman–Crippen LogP) is 6.03. The molecule has 0 aliphatic heterocycles. The molecular formula is C28H42O4. The van der Waals surface area contributed by atoms with Crippen LogP contribution in [0.3, 0.4) is 0 Å².